The molecule has 0 radical (unpaired) electrons. The summed E-state index contributed by atoms with van der Waals surface area (Å²) in [4.78, 5) is 11.0. The molecule has 0 aromatic heterocycles. The normalized spacial score (nSPS) is 21.5. The maximum Gasteiger partial charge on any atom is 0.295 e. The lowest BCUT2D eigenvalue weighted by Crippen LogP contribution is -2.43. The highest BCUT2D eigenvalue weighted by Gasteiger charge is 2.12. The van der Waals surface area contributed by atoms with Gasteiger partial charge in [0.25, 0.3) is 5.91 Å². The second-order valence-electron chi connectivity index (χ2n) is 3.23. The van der Waals surface area contributed by atoms with E-state index in [4.69, 9.17) is 0 Å². The van der Waals surface area contributed by atoms with Crippen LogP contribution in [0.1, 0.15) is 26.2 Å². The van der Waals surface area contributed by atoms with Crippen LogP contribution >= 0.6 is 0 Å². The highest BCUT2D eigenvalue weighted by Crippen LogP contribution is 2.05. The number of amides is 1. The molecule has 1 aliphatic rings. The molecule has 1 heterocycles. The number of piperidine rings is 1. The Morgan fingerprint density at radius 3 is 3.08 bits per heavy atom. The number of rotatable bonds is 2. The van der Waals surface area contributed by atoms with Crippen LogP contribution in [0.5, 0.6) is 0 Å². The molecule has 13 heavy (non-hydrogen) atoms. The molecule has 0 spiro atoms. The molecular formula is C10H16N2O. The summed E-state index contributed by atoms with van der Waals surface area (Å²) in [5.41, 5.74) is 0. The minimum atomic E-state index is -0.171. The van der Waals surface area contributed by atoms with Crippen molar-refractivity contribution in [2.24, 2.45) is 0 Å². The van der Waals surface area contributed by atoms with Crippen LogP contribution in [0.25, 0.3) is 0 Å². The quantitative estimate of drug-likeness (QED) is 0.599. The van der Waals surface area contributed by atoms with E-state index in [-0.39, 0.29) is 5.91 Å². The van der Waals surface area contributed by atoms with Gasteiger partial charge in [-0.2, -0.15) is 0 Å². The first-order chi connectivity index (χ1) is 6.33. The van der Waals surface area contributed by atoms with Gasteiger partial charge in [-0.15, -0.1) is 0 Å². The Labute approximate surface area is 79.3 Å². The van der Waals surface area contributed by atoms with Crippen molar-refractivity contribution in [1.29, 1.82) is 0 Å². The molecule has 3 nitrogen and oxygen atoms in total. The van der Waals surface area contributed by atoms with Crippen molar-refractivity contribution in [3.05, 3.63) is 0 Å². The predicted octanol–water partition coefficient (Wildman–Crippen LogP) is 0.268. The van der Waals surface area contributed by atoms with E-state index in [1.54, 1.807) is 6.92 Å². The van der Waals surface area contributed by atoms with Crippen molar-refractivity contribution in [1.82, 2.24) is 10.6 Å². The van der Waals surface area contributed by atoms with Gasteiger partial charge in [0.2, 0.25) is 0 Å². The van der Waals surface area contributed by atoms with Crippen LogP contribution in [0.4, 0.5) is 0 Å². The van der Waals surface area contributed by atoms with Crippen molar-refractivity contribution >= 4 is 5.91 Å². The summed E-state index contributed by atoms with van der Waals surface area (Å²) in [6.45, 7) is 3.44. The lowest BCUT2D eigenvalue weighted by Gasteiger charge is -2.23. The average Bonchev–Trinajstić information content (AvgIpc) is 2.17. The smallest absolute Gasteiger partial charge is 0.295 e. The Kier molecular flexibility index (Phi) is 4.34. The van der Waals surface area contributed by atoms with Crippen LogP contribution in [-0.4, -0.2) is 25.0 Å². The van der Waals surface area contributed by atoms with E-state index in [1.807, 2.05) is 0 Å². The van der Waals surface area contributed by atoms with E-state index >= 15 is 0 Å². The second kappa shape index (κ2) is 5.60. The van der Waals surface area contributed by atoms with Gasteiger partial charge in [0.1, 0.15) is 0 Å². The summed E-state index contributed by atoms with van der Waals surface area (Å²) in [5, 5.41) is 6.13. The van der Waals surface area contributed by atoms with Gasteiger partial charge in [0, 0.05) is 12.6 Å². The summed E-state index contributed by atoms with van der Waals surface area (Å²) in [7, 11) is 0. The fraction of sp³-hybridized carbons (Fsp3) is 0.700. The van der Waals surface area contributed by atoms with Gasteiger partial charge in [-0.25, -0.2) is 0 Å². The van der Waals surface area contributed by atoms with Gasteiger partial charge in [0.05, 0.1) is 0 Å². The monoisotopic (exact) mass is 180 g/mol. The molecule has 0 aliphatic carbocycles. The lowest BCUT2D eigenvalue weighted by molar-refractivity contribution is -0.115. The molecule has 0 saturated carbocycles. The van der Waals surface area contributed by atoms with Crippen molar-refractivity contribution in [3.8, 4) is 11.8 Å². The first-order valence-electron chi connectivity index (χ1n) is 4.77. The molecule has 1 rings (SSSR count). The van der Waals surface area contributed by atoms with Gasteiger partial charge >= 0.3 is 0 Å². The Bertz CT molecular complexity index is 221. The third-order valence-electron chi connectivity index (χ3n) is 2.16. The summed E-state index contributed by atoms with van der Waals surface area (Å²) in [5.74, 6) is 4.86. The first-order valence-corrected chi connectivity index (χ1v) is 4.77. The SMILES string of the molecule is CC#CC(=O)NCC1CCCCN1. The molecular weight excluding hydrogens is 164 g/mol. The summed E-state index contributed by atoms with van der Waals surface area (Å²) in [6.07, 6.45) is 3.66. The number of nitrogens with one attached hydrogen (secondary N) is 2. The Morgan fingerprint density at radius 2 is 2.46 bits per heavy atom. The molecule has 3 heteroatoms. The predicted molar refractivity (Wildman–Crippen MR) is 52.1 cm³/mol. The lowest BCUT2D eigenvalue weighted by atomic mass is 10.1. The summed E-state index contributed by atoms with van der Waals surface area (Å²) >= 11 is 0. The van der Waals surface area contributed by atoms with Crippen molar-refractivity contribution in [2.45, 2.75) is 32.2 Å². The Hall–Kier alpha value is -1.01. The molecule has 1 atom stereocenters. The van der Waals surface area contributed by atoms with Crippen LogP contribution < -0.4 is 10.6 Å². The highest BCUT2D eigenvalue weighted by atomic mass is 16.1. The number of hydrogen-bond acceptors (Lipinski definition) is 2. The minimum Gasteiger partial charge on any atom is -0.344 e. The Balaban J connectivity index is 2.16. The molecule has 2 N–H and O–H groups in total. The third-order valence-corrected chi connectivity index (χ3v) is 2.16. The van der Waals surface area contributed by atoms with E-state index in [2.05, 4.69) is 22.5 Å². The molecule has 1 unspecified atom stereocenters. The van der Waals surface area contributed by atoms with Gasteiger partial charge < -0.3 is 10.6 Å². The Morgan fingerprint density at radius 1 is 1.62 bits per heavy atom. The number of hydrogen-bond donors (Lipinski definition) is 2. The van der Waals surface area contributed by atoms with Crippen LogP contribution in [0.2, 0.25) is 0 Å². The molecule has 1 amide bonds. The maximum absolute atomic E-state index is 11.0. The van der Waals surface area contributed by atoms with Crippen LogP contribution in [0, 0.1) is 11.8 Å². The number of carbonyl (C=O) groups excluding carboxylic acids is 1. The molecule has 1 saturated heterocycles. The zero-order valence-electron chi connectivity index (χ0n) is 8.02. The van der Waals surface area contributed by atoms with E-state index in [9.17, 15) is 4.79 Å². The zero-order valence-corrected chi connectivity index (χ0v) is 8.02. The molecule has 0 bridgehead atoms. The van der Waals surface area contributed by atoms with Crippen molar-refractivity contribution in [2.75, 3.05) is 13.1 Å². The van der Waals surface area contributed by atoms with E-state index < -0.39 is 0 Å². The van der Waals surface area contributed by atoms with Gasteiger partial charge in [-0.3, -0.25) is 4.79 Å². The molecule has 72 valence electrons. The highest BCUT2D eigenvalue weighted by molar-refractivity contribution is 5.93. The fourth-order valence-corrected chi connectivity index (χ4v) is 1.47. The standard InChI is InChI=1S/C10H16N2O/c1-2-5-10(13)12-8-9-6-3-4-7-11-9/h9,11H,3-4,6-8H2,1H3,(H,12,13). The zero-order chi connectivity index (χ0) is 9.52. The number of carbonyl (C=O) groups is 1. The molecule has 1 fully saturated rings. The molecule has 0 aromatic rings. The van der Waals surface area contributed by atoms with Crippen molar-refractivity contribution < 1.29 is 4.79 Å². The van der Waals surface area contributed by atoms with Crippen molar-refractivity contribution in [3.63, 3.8) is 0 Å². The van der Waals surface area contributed by atoms with E-state index in [0.29, 0.717) is 12.6 Å². The average molecular weight is 180 g/mol. The van der Waals surface area contributed by atoms with Crippen LogP contribution in [0.3, 0.4) is 0 Å². The van der Waals surface area contributed by atoms with Gasteiger partial charge in [0.15, 0.2) is 0 Å². The summed E-state index contributed by atoms with van der Waals surface area (Å²) in [6, 6.07) is 0.441. The molecule has 0 aromatic carbocycles. The minimum absolute atomic E-state index is 0.171. The van der Waals surface area contributed by atoms with Crippen LogP contribution in [0.15, 0.2) is 0 Å². The van der Waals surface area contributed by atoms with Gasteiger partial charge in [-0.05, 0) is 32.2 Å². The van der Waals surface area contributed by atoms with Gasteiger partial charge in [-0.1, -0.05) is 12.3 Å². The topological polar surface area (TPSA) is 41.1 Å². The van der Waals surface area contributed by atoms with E-state index in [1.165, 1.54) is 12.8 Å². The largest absolute Gasteiger partial charge is 0.344 e. The first kappa shape index (κ1) is 10.1. The molecule has 1 aliphatic heterocycles. The summed E-state index contributed by atoms with van der Waals surface area (Å²) < 4.78 is 0. The second-order valence-corrected chi connectivity index (χ2v) is 3.23. The van der Waals surface area contributed by atoms with E-state index in [0.717, 1.165) is 13.0 Å². The maximum atomic E-state index is 11.0. The fourth-order valence-electron chi connectivity index (χ4n) is 1.47. The third kappa shape index (κ3) is 3.95. The van der Waals surface area contributed by atoms with Crippen LogP contribution in [-0.2, 0) is 4.79 Å².